The first-order valence-electron chi connectivity index (χ1n) is 7.52. The number of halogens is 1. The molecule has 1 heterocycles. The highest BCUT2D eigenvalue weighted by Gasteiger charge is 2.25. The number of carbonyl (C=O) groups is 1. The molecule has 1 fully saturated rings. The Balaban J connectivity index is 2.16. The van der Waals surface area contributed by atoms with E-state index < -0.39 is 4.92 Å². The predicted molar refractivity (Wildman–Crippen MR) is 90.0 cm³/mol. The molecular formula is C15H20BrN3O4. The van der Waals surface area contributed by atoms with Crippen molar-refractivity contribution in [1.82, 2.24) is 10.2 Å². The number of methoxy groups -OCH3 is 1. The molecule has 0 aliphatic carbocycles. The first-order chi connectivity index (χ1) is 11.0. The summed E-state index contributed by atoms with van der Waals surface area (Å²) in [5.41, 5.74) is 0.00787. The van der Waals surface area contributed by atoms with Gasteiger partial charge in [-0.1, -0.05) is 6.92 Å². The van der Waals surface area contributed by atoms with E-state index in [1.165, 1.54) is 19.2 Å². The van der Waals surface area contributed by atoms with Crippen LogP contribution in [0, 0.1) is 10.1 Å². The van der Waals surface area contributed by atoms with Crippen LogP contribution < -0.4 is 10.1 Å². The Labute approximate surface area is 143 Å². The summed E-state index contributed by atoms with van der Waals surface area (Å²) in [6, 6.07) is 2.88. The van der Waals surface area contributed by atoms with Crippen molar-refractivity contribution in [3.8, 4) is 5.75 Å². The molecule has 0 radical (unpaired) electrons. The maximum atomic E-state index is 12.5. The Kier molecular flexibility index (Phi) is 5.95. The van der Waals surface area contributed by atoms with Crippen LogP contribution in [0.5, 0.6) is 5.75 Å². The summed E-state index contributed by atoms with van der Waals surface area (Å²) in [6.45, 7) is 4.62. The lowest BCUT2D eigenvalue weighted by atomic mass is 10.1. The second kappa shape index (κ2) is 7.74. The van der Waals surface area contributed by atoms with Gasteiger partial charge >= 0.3 is 0 Å². The molecule has 8 heteroatoms. The number of benzene rings is 1. The van der Waals surface area contributed by atoms with E-state index in [0.717, 1.165) is 25.9 Å². The number of amides is 1. The van der Waals surface area contributed by atoms with Crippen molar-refractivity contribution >= 4 is 27.5 Å². The number of nitro groups is 1. The first kappa shape index (κ1) is 17.7. The molecule has 0 spiro atoms. The normalized spacial score (nSPS) is 18.0. The molecule has 1 saturated heterocycles. The zero-order valence-corrected chi connectivity index (χ0v) is 14.8. The van der Waals surface area contributed by atoms with Gasteiger partial charge in [0.1, 0.15) is 5.75 Å². The summed E-state index contributed by atoms with van der Waals surface area (Å²) < 4.78 is 5.59. The third-order valence-electron chi connectivity index (χ3n) is 4.09. The Morgan fingerprint density at radius 2 is 2.30 bits per heavy atom. The van der Waals surface area contributed by atoms with Gasteiger partial charge < -0.3 is 10.1 Å². The fraction of sp³-hybridized carbons (Fsp3) is 0.533. The van der Waals surface area contributed by atoms with Crippen molar-refractivity contribution in [2.75, 3.05) is 26.7 Å². The van der Waals surface area contributed by atoms with Crippen molar-refractivity contribution in [2.45, 2.75) is 25.8 Å². The second-order valence-electron chi connectivity index (χ2n) is 5.40. The summed E-state index contributed by atoms with van der Waals surface area (Å²) in [4.78, 5) is 25.2. The quantitative estimate of drug-likeness (QED) is 0.600. The number of ether oxygens (including phenoxy) is 1. The number of likely N-dealkylation sites (N-methyl/N-ethyl adjacent to an activating group) is 1. The molecule has 2 rings (SSSR count). The van der Waals surface area contributed by atoms with E-state index in [-0.39, 0.29) is 17.2 Å². The van der Waals surface area contributed by atoms with Gasteiger partial charge in [-0.25, -0.2) is 0 Å². The van der Waals surface area contributed by atoms with Gasteiger partial charge in [-0.3, -0.25) is 19.8 Å². The fourth-order valence-corrected chi connectivity index (χ4v) is 3.52. The van der Waals surface area contributed by atoms with Crippen LogP contribution in [0.3, 0.4) is 0 Å². The number of non-ortho nitro benzene ring substituents is 1. The molecule has 126 valence electrons. The van der Waals surface area contributed by atoms with E-state index >= 15 is 0 Å². The maximum Gasteiger partial charge on any atom is 0.271 e. The highest BCUT2D eigenvalue weighted by molar-refractivity contribution is 9.10. The van der Waals surface area contributed by atoms with Crippen LogP contribution in [-0.4, -0.2) is 48.5 Å². The van der Waals surface area contributed by atoms with Gasteiger partial charge in [0, 0.05) is 24.7 Å². The van der Waals surface area contributed by atoms with E-state index in [9.17, 15) is 14.9 Å². The van der Waals surface area contributed by atoms with Gasteiger partial charge in [0.05, 0.1) is 22.1 Å². The van der Waals surface area contributed by atoms with Crippen LogP contribution in [0.25, 0.3) is 0 Å². The van der Waals surface area contributed by atoms with E-state index in [1.807, 2.05) is 0 Å². The minimum absolute atomic E-state index is 0.154. The van der Waals surface area contributed by atoms with Crippen molar-refractivity contribution in [2.24, 2.45) is 0 Å². The van der Waals surface area contributed by atoms with Crippen LogP contribution in [0.4, 0.5) is 5.69 Å². The molecule has 0 bridgehead atoms. The molecule has 1 N–H and O–H groups in total. The highest BCUT2D eigenvalue weighted by atomic mass is 79.9. The smallest absolute Gasteiger partial charge is 0.271 e. The van der Waals surface area contributed by atoms with Crippen LogP contribution in [0.1, 0.15) is 30.1 Å². The molecule has 1 aliphatic heterocycles. The lowest BCUT2D eigenvalue weighted by Gasteiger charge is -2.23. The van der Waals surface area contributed by atoms with E-state index in [2.05, 4.69) is 33.1 Å². The van der Waals surface area contributed by atoms with Gasteiger partial charge in [0.15, 0.2) is 0 Å². The number of hydrogen-bond acceptors (Lipinski definition) is 5. The Morgan fingerprint density at radius 1 is 1.57 bits per heavy atom. The molecule has 1 atom stereocenters. The van der Waals surface area contributed by atoms with E-state index in [1.54, 1.807) is 0 Å². The number of carbonyl (C=O) groups excluding carboxylic acids is 1. The van der Waals surface area contributed by atoms with Gasteiger partial charge in [0.25, 0.3) is 11.6 Å². The lowest BCUT2D eigenvalue weighted by molar-refractivity contribution is -0.385. The number of nitrogens with zero attached hydrogens (tertiary/aromatic N) is 2. The molecule has 1 aromatic rings. The van der Waals surface area contributed by atoms with E-state index in [0.29, 0.717) is 22.8 Å². The molecule has 1 aliphatic rings. The third-order valence-corrected chi connectivity index (χ3v) is 4.68. The zero-order chi connectivity index (χ0) is 17.0. The first-order valence-corrected chi connectivity index (χ1v) is 8.31. The van der Waals surface area contributed by atoms with Crippen molar-refractivity contribution in [3.63, 3.8) is 0 Å². The zero-order valence-electron chi connectivity index (χ0n) is 13.2. The van der Waals surface area contributed by atoms with Crippen LogP contribution in [0.2, 0.25) is 0 Å². The van der Waals surface area contributed by atoms with Crippen LogP contribution >= 0.6 is 15.9 Å². The molecule has 0 saturated carbocycles. The number of hydrogen-bond donors (Lipinski definition) is 1. The van der Waals surface area contributed by atoms with Crippen molar-refractivity contribution < 1.29 is 14.5 Å². The molecule has 23 heavy (non-hydrogen) atoms. The fourth-order valence-electron chi connectivity index (χ4n) is 2.91. The van der Waals surface area contributed by atoms with Gasteiger partial charge in [-0.2, -0.15) is 0 Å². The van der Waals surface area contributed by atoms with Crippen LogP contribution in [-0.2, 0) is 0 Å². The molecule has 7 nitrogen and oxygen atoms in total. The highest BCUT2D eigenvalue weighted by Crippen LogP contribution is 2.33. The minimum atomic E-state index is -0.531. The second-order valence-corrected chi connectivity index (χ2v) is 6.25. The predicted octanol–water partition coefficient (Wildman–Crippen LogP) is 2.58. The largest absolute Gasteiger partial charge is 0.495 e. The Bertz CT molecular complexity index is 609. The lowest BCUT2D eigenvalue weighted by Crippen LogP contribution is -2.40. The van der Waals surface area contributed by atoms with Crippen molar-refractivity contribution in [1.29, 1.82) is 0 Å². The van der Waals surface area contributed by atoms with Gasteiger partial charge in [0.2, 0.25) is 0 Å². The van der Waals surface area contributed by atoms with Crippen LogP contribution in [0.15, 0.2) is 16.6 Å². The number of nitrogens with one attached hydrogen (secondary N) is 1. The SMILES string of the molecule is CCN1CCCC1CNC(=O)c1cc([N+](=O)[O-])cc(Br)c1OC. The molecule has 0 aromatic heterocycles. The summed E-state index contributed by atoms with van der Waals surface area (Å²) in [5.74, 6) is -0.0685. The third kappa shape index (κ3) is 4.00. The number of likely N-dealkylation sites (tertiary alicyclic amines) is 1. The Morgan fingerprint density at radius 3 is 2.91 bits per heavy atom. The summed E-state index contributed by atoms with van der Waals surface area (Å²) in [6.07, 6.45) is 2.17. The average molecular weight is 386 g/mol. The average Bonchev–Trinajstić information content (AvgIpc) is 2.99. The van der Waals surface area contributed by atoms with Gasteiger partial charge in [-0.15, -0.1) is 0 Å². The summed E-state index contributed by atoms with van der Waals surface area (Å²) >= 11 is 3.22. The van der Waals surface area contributed by atoms with E-state index in [4.69, 9.17) is 4.74 Å². The summed E-state index contributed by atoms with van der Waals surface area (Å²) in [7, 11) is 1.43. The molecule has 1 amide bonds. The summed E-state index contributed by atoms with van der Waals surface area (Å²) in [5, 5.41) is 13.9. The number of nitro benzene ring substituents is 1. The number of rotatable bonds is 6. The standard InChI is InChI=1S/C15H20BrN3O4/c1-3-18-6-4-5-10(18)9-17-15(20)12-7-11(19(21)22)8-13(16)14(12)23-2/h7-8,10H,3-6,9H2,1-2H3,(H,17,20). The molecule has 1 aromatic carbocycles. The monoisotopic (exact) mass is 385 g/mol. The van der Waals surface area contributed by atoms with Gasteiger partial charge in [-0.05, 0) is 41.9 Å². The van der Waals surface area contributed by atoms with Crippen molar-refractivity contribution in [3.05, 3.63) is 32.3 Å². The Hall–Kier alpha value is -1.67. The molecular weight excluding hydrogens is 366 g/mol. The molecule has 1 unspecified atom stereocenters. The maximum absolute atomic E-state index is 12.5. The minimum Gasteiger partial charge on any atom is -0.495 e. The topological polar surface area (TPSA) is 84.7 Å².